The molecule has 1 aromatic heterocycles. The fraction of sp³-hybridized carbons (Fsp3) is 0.765. The first-order chi connectivity index (χ1) is 11.1. The Morgan fingerprint density at radius 3 is 3.13 bits per heavy atom. The number of carbonyl (C=O) groups excluding carboxylic acids is 1. The first-order valence-corrected chi connectivity index (χ1v) is 8.77. The van der Waals surface area contributed by atoms with Crippen molar-refractivity contribution in [3.63, 3.8) is 0 Å². The number of rotatable bonds is 4. The maximum atomic E-state index is 12.9. The third kappa shape index (κ3) is 2.90. The molecule has 23 heavy (non-hydrogen) atoms. The van der Waals surface area contributed by atoms with Crippen LogP contribution in [0.15, 0.2) is 6.20 Å². The van der Waals surface area contributed by atoms with E-state index in [1.165, 1.54) is 0 Å². The van der Waals surface area contributed by atoms with Crippen LogP contribution >= 0.6 is 0 Å². The van der Waals surface area contributed by atoms with Crippen LogP contribution in [0.4, 0.5) is 0 Å². The Morgan fingerprint density at radius 1 is 1.57 bits per heavy atom. The van der Waals surface area contributed by atoms with E-state index in [-0.39, 0.29) is 17.9 Å². The smallest absolute Gasteiger partial charge is 0.257 e. The van der Waals surface area contributed by atoms with E-state index in [0.29, 0.717) is 18.2 Å². The molecular weight excluding hydrogens is 292 g/mol. The topological polar surface area (TPSA) is 70.4 Å². The van der Waals surface area contributed by atoms with Crippen molar-refractivity contribution < 1.29 is 9.90 Å². The highest BCUT2D eigenvalue weighted by Crippen LogP contribution is 2.37. The second-order valence-corrected chi connectivity index (χ2v) is 7.01. The minimum absolute atomic E-state index is 0.0571. The predicted molar refractivity (Wildman–Crippen MR) is 88.3 cm³/mol. The standard InChI is InChI=1S/C17H28N4O2/c1-3-8-21-13(2)14(10-19-21)16(23)20-9-5-15-17(11-20,12-22)6-4-7-18-15/h10,15,18,22H,3-9,11-12H2,1-2H3. The van der Waals surface area contributed by atoms with E-state index in [4.69, 9.17) is 0 Å². The number of aliphatic hydroxyl groups is 1. The van der Waals surface area contributed by atoms with Gasteiger partial charge in [0.1, 0.15) is 0 Å². The zero-order valence-electron chi connectivity index (χ0n) is 14.2. The van der Waals surface area contributed by atoms with Gasteiger partial charge in [0.05, 0.1) is 18.4 Å². The Balaban J connectivity index is 1.78. The summed E-state index contributed by atoms with van der Waals surface area (Å²) in [5, 5.41) is 17.9. The molecular formula is C17H28N4O2. The summed E-state index contributed by atoms with van der Waals surface area (Å²) in [5.41, 5.74) is 1.46. The van der Waals surface area contributed by atoms with E-state index in [1.807, 2.05) is 16.5 Å². The van der Waals surface area contributed by atoms with Crippen molar-refractivity contribution in [2.24, 2.45) is 5.41 Å². The van der Waals surface area contributed by atoms with Crippen LogP contribution in [0, 0.1) is 12.3 Å². The SMILES string of the molecule is CCCn1ncc(C(=O)N2CCC3NCCCC3(CO)C2)c1C. The summed E-state index contributed by atoms with van der Waals surface area (Å²) in [5.74, 6) is 0.0571. The van der Waals surface area contributed by atoms with Gasteiger partial charge in [0.25, 0.3) is 5.91 Å². The Morgan fingerprint density at radius 2 is 2.39 bits per heavy atom. The molecule has 0 radical (unpaired) electrons. The summed E-state index contributed by atoms with van der Waals surface area (Å²) in [4.78, 5) is 14.9. The summed E-state index contributed by atoms with van der Waals surface area (Å²) in [6, 6.07) is 0.328. The van der Waals surface area contributed by atoms with Gasteiger partial charge in [-0.15, -0.1) is 0 Å². The summed E-state index contributed by atoms with van der Waals surface area (Å²) in [6.07, 6.45) is 5.66. The van der Waals surface area contributed by atoms with Crippen molar-refractivity contribution in [2.45, 2.75) is 52.1 Å². The second-order valence-electron chi connectivity index (χ2n) is 7.01. The highest BCUT2D eigenvalue weighted by atomic mass is 16.3. The lowest BCUT2D eigenvalue weighted by atomic mass is 9.70. The minimum atomic E-state index is -0.181. The Hall–Kier alpha value is -1.40. The average Bonchev–Trinajstić information content (AvgIpc) is 2.95. The van der Waals surface area contributed by atoms with Gasteiger partial charge < -0.3 is 15.3 Å². The number of nitrogens with one attached hydrogen (secondary N) is 1. The quantitative estimate of drug-likeness (QED) is 0.874. The molecule has 0 spiro atoms. The Kier molecular flexibility index (Phi) is 4.73. The number of amides is 1. The molecule has 3 heterocycles. The third-order valence-electron chi connectivity index (χ3n) is 5.55. The molecule has 2 atom stereocenters. The molecule has 0 aliphatic carbocycles. The number of hydrogen-bond donors (Lipinski definition) is 2. The number of aromatic nitrogens is 2. The van der Waals surface area contributed by atoms with E-state index in [9.17, 15) is 9.90 Å². The lowest BCUT2D eigenvalue weighted by molar-refractivity contribution is -0.0138. The summed E-state index contributed by atoms with van der Waals surface area (Å²) in [6.45, 7) is 7.45. The van der Waals surface area contributed by atoms with Gasteiger partial charge in [-0.1, -0.05) is 6.92 Å². The molecule has 2 saturated heterocycles. The van der Waals surface area contributed by atoms with Crippen molar-refractivity contribution in [3.8, 4) is 0 Å². The zero-order chi connectivity index (χ0) is 16.4. The van der Waals surface area contributed by atoms with Crippen LogP contribution in [0.1, 0.15) is 48.7 Å². The first kappa shape index (κ1) is 16.5. The molecule has 6 nitrogen and oxygen atoms in total. The third-order valence-corrected chi connectivity index (χ3v) is 5.55. The molecule has 0 saturated carbocycles. The monoisotopic (exact) mass is 320 g/mol. The van der Waals surface area contributed by atoms with Crippen molar-refractivity contribution in [3.05, 3.63) is 17.5 Å². The number of fused-ring (bicyclic) bond motifs is 1. The van der Waals surface area contributed by atoms with Crippen LogP contribution < -0.4 is 5.32 Å². The molecule has 1 aromatic rings. The van der Waals surface area contributed by atoms with Crippen LogP contribution in [0.5, 0.6) is 0 Å². The maximum absolute atomic E-state index is 12.9. The largest absolute Gasteiger partial charge is 0.396 e. The van der Waals surface area contributed by atoms with Gasteiger partial charge in [0.2, 0.25) is 0 Å². The second kappa shape index (κ2) is 6.61. The van der Waals surface area contributed by atoms with Crippen LogP contribution in [0.25, 0.3) is 0 Å². The highest BCUT2D eigenvalue weighted by Gasteiger charge is 2.45. The molecule has 2 N–H and O–H groups in total. The molecule has 2 aliphatic heterocycles. The number of likely N-dealkylation sites (tertiary alicyclic amines) is 1. The van der Waals surface area contributed by atoms with Crippen molar-refractivity contribution in [1.82, 2.24) is 20.0 Å². The highest BCUT2D eigenvalue weighted by molar-refractivity contribution is 5.95. The molecule has 128 valence electrons. The van der Waals surface area contributed by atoms with E-state index >= 15 is 0 Å². The molecule has 1 amide bonds. The van der Waals surface area contributed by atoms with Crippen LogP contribution in [-0.2, 0) is 6.54 Å². The average molecular weight is 320 g/mol. The first-order valence-electron chi connectivity index (χ1n) is 8.77. The van der Waals surface area contributed by atoms with E-state index in [1.54, 1.807) is 6.20 Å². The normalized spacial score (nSPS) is 27.8. The fourth-order valence-corrected chi connectivity index (χ4v) is 4.13. The van der Waals surface area contributed by atoms with Crippen LogP contribution in [0.3, 0.4) is 0 Å². The van der Waals surface area contributed by atoms with Gasteiger partial charge in [-0.25, -0.2) is 0 Å². The minimum Gasteiger partial charge on any atom is -0.396 e. The number of nitrogens with zero attached hydrogens (tertiary/aromatic N) is 3. The zero-order valence-corrected chi connectivity index (χ0v) is 14.2. The number of hydrogen-bond acceptors (Lipinski definition) is 4. The summed E-state index contributed by atoms with van der Waals surface area (Å²) < 4.78 is 1.91. The lowest BCUT2D eigenvalue weighted by Gasteiger charge is -2.50. The van der Waals surface area contributed by atoms with Crippen molar-refractivity contribution in [1.29, 1.82) is 0 Å². The Bertz CT molecular complexity index is 571. The fourth-order valence-electron chi connectivity index (χ4n) is 4.13. The van der Waals surface area contributed by atoms with Gasteiger partial charge in [-0.3, -0.25) is 9.48 Å². The predicted octanol–water partition coefficient (Wildman–Crippen LogP) is 1.18. The number of carbonyl (C=O) groups is 1. The molecule has 0 bridgehead atoms. The van der Waals surface area contributed by atoms with Crippen molar-refractivity contribution in [2.75, 3.05) is 26.2 Å². The Labute approximate surface area is 137 Å². The number of aliphatic hydroxyl groups excluding tert-OH is 1. The van der Waals surface area contributed by atoms with Gasteiger partial charge in [-0.2, -0.15) is 5.10 Å². The van der Waals surface area contributed by atoms with Gasteiger partial charge in [0, 0.05) is 36.8 Å². The summed E-state index contributed by atoms with van der Waals surface area (Å²) >= 11 is 0. The lowest BCUT2D eigenvalue weighted by Crippen LogP contribution is -2.62. The van der Waals surface area contributed by atoms with E-state index < -0.39 is 0 Å². The van der Waals surface area contributed by atoms with E-state index in [0.717, 1.165) is 51.0 Å². The van der Waals surface area contributed by atoms with Crippen LogP contribution in [-0.4, -0.2) is 58.0 Å². The van der Waals surface area contributed by atoms with Gasteiger partial charge in [-0.05, 0) is 39.2 Å². The number of piperidine rings is 2. The van der Waals surface area contributed by atoms with Gasteiger partial charge in [0.15, 0.2) is 0 Å². The maximum Gasteiger partial charge on any atom is 0.257 e. The van der Waals surface area contributed by atoms with Crippen molar-refractivity contribution >= 4 is 5.91 Å². The molecule has 2 unspecified atom stereocenters. The summed E-state index contributed by atoms with van der Waals surface area (Å²) in [7, 11) is 0. The molecule has 3 rings (SSSR count). The molecule has 0 aromatic carbocycles. The van der Waals surface area contributed by atoms with E-state index in [2.05, 4.69) is 17.3 Å². The van der Waals surface area contributed by atoms with Crippen LogP contribution in [0.2, 0.25) is 0 Å². The number of aryl methyl sites for hydroxylation is 1. The molecule has 6 heteroatoms. The molecule has 2 fully saturated rings. The van der Waals surface area contributed by atoms with Gasteiger partial charge >= 0.3 is 0 Å². The molecule has 2 aliphatic rings.